The number of carbonyl (C=O) groups is 4. The molecule has 10 nitrogen and oxygen atoms in total. The average molecular weight is 418 g/mol. The van der Waals surface area contributed by atoms with Crippen LogP contribution in [0.1, 0.15) is 50.7 Å². The highest BCUT2D eigenvalue weighted by molar-refractivity contribution is 6.10. The predicted octanol–water partition coefficient (Wildman–Crippen LogP) is 2.06. The van der Waals surface area contributed by atoms with E-state index < -0.39 is 30.4 Å². The molecule has 0 unspecified atom stereocenters. The Kier molecular flexibility index (Phi) is 7.56. The minimum Gasteiger partial charge on any atom is -0.493 e. The molecule has 0 aliphatic carbocycles. The number of primary amides is 1. The van der Waals surface area contributed by atoms with Gasteiger partial charge >= 0.3 is 11.9 Å². The van der Waals surface area contributed by atoms with Gasteiger partial charge in [0.05, 0.1) is 13.2 Å². The summed E-state index contributed by atoms with van der Waals surface area (Å²) in [6, 6.07) is 6.42. The summed E-state index contributed by atoms with van der Waals surface area (Å²) in [4.78, 5) is 48.3. The smallest absolute Gasteiger partial charge is 0.342 e. The molecule has 0 spiro atoms. The Hall–Kier alpha value is -3.82. The summed E-state index contributed by atoms with van der Waals surface area (Å²) in [6.45, 7) is 4.52. The van der Waals surface area contributed by atoms with E-state index in [1.54, 1.807) is 32.0 Å². The summed E-state index contributed by atoms with van der Waals surface area (Å²) in [6.07, 6.45) is 0. The highest BCUT2D eigenvalue weighted by atomic mass is 16.5. The molecule has 2 aromatic rings. The van der Waals surface area contributed by atoms with E-state index in [-0.39, 0.29) is 34.9 Å². The van der Waals surface area contributed by atoms with E-state index in [1.165, 1.54) is 13.0 Å². The van der Waals surface area contributed by atoms with Crippen molar-refractivity contribution >= 4 is 29.6 Å². The Morgan fingerprint density at radius 1 is 1.00 bits per heavy atom. The van der Waals surface area contributed by atoms with Gasteiger partial charge in [0, 0.05) is 0 Å². The number of aryl methyl sites for hydroxylation is 1. The number of anilines is 1. The van der Waals surface area contributed by atoms with Crippen molar-refractivity contribution in [1.82, 2.24) is 0 Å². The first-order chi connectivity index (χ1) is 14.3. The van der Waals surface area contributed by atoms with Crippen molar-refractivity contribution in [3.05, 3.63) is 46.7 Å². The Morgan fingerprint density at radius 3 is 2.33 bits per heavy atom. The van der Waals surface area contributed by atoms with Gasteiger partial charge < -0.3 is 24.4 Å². The van der Waals surface area contributed by atoms with Gasteiger partial charge in [0.15, 0.2) is 6.61 Å². The summed E-state index contributed by atoms with van der Waals surface area (Å²) in [5.41, 5.74) is 4.98. The topological polar surface area (TPSA) is 147 Å². The molecular formula is C20H22N2O8. The zero-order chi connectivity index (χ0) is 22.3. The molecule has 0 saturated heterocycles. The number of benzene rings is 1. The molecule has 0 atom stereocenters. The maximum atomic E-state index is 12.3. The molecule has 10 heteroatoms. The van der Waals surface area contributed by atoms with Crippen molar-refractivity contribution in [3.8, 4) is 5.75 Å². The van der Waals surface area contributed by atoms with Crippen molar-refractivity contribution in [3.63, 3.8) is 0 Å². The van der Waals surface area contributed by atoms with E-state index >= 15 is 0 Å². The molecule has 30 heavy (non-hydrogen) atoms. The summed E-state index contributed by atoms with van der Waals surface area (Å²) < 4.78 is 20.5. The Balaban J connectivity index is 2.12. The van der Waals surface area contributed by atoms with Crippen molar-refractivity contribution in [2.24, 2.45) is 5.73 Å². The van der Waals surface area contributed by atoms with Crippen LogP contribution in [-0.4, -0.2) is 43.6 Å². The Morgan fingerprint density at radius 2 is 1.70 bits per heavy atom. The van der Waals surface area contributed by atoms with E-state index in [4.69, 9.17) is 24.4 Å². The molecule has 0 radical (unpaired) electrons. The van der Waals surface area contributed by atoms with Gasteiger partial charge in [0.25, 0.3) is 11.8 Å². The lowest BCUT2D eigenvalue weighted by Crippen LogP contribution is -2.23. The van der Waals surface area contributed by atoms with E-state index in [2.05, 4.69) is 5.32 Å². The van der Waals surface area contributed by atoms with Crippen molar-refractivity contribution < 1.29 is 37.8 Å². The Labute approximate surface area is 172 Å². The maximum Gasteiger partial charge on any atom is 0.342 e. The standard InChI is InChI=1S/C20H22N2O8/c1-4-27-13-9-7-6-8-12(13)19(25)29-10-14(23)22-18-16(17(21)24)15(11(3)30-18)20(26)28-5-2/h6-9H,4-5,10H2,1-3H3,(H2,21,24)(H,22,23). The fourth-order valence-electron chi connectivity index (χ4n) is 2.61. The number of para-hydroxylation sites is 1. The van der Waals surface area contributed by atoms with Gasteiger partial charge in [-0.1, -0.05) is 12.1 Å². The van der Waals surface area contributed by atoms with Crippen molar-refractivity contribution in [1.29, 1.82) is 0 Å². The molecule has 3 N–H and O–H groups in total. The van der Waals surface area contributed by atoms with Crippen LogP contribution in [-0.2, 0) is 14.3 Å². The first-order valence-corrected chi connectivity index (χ1v) is 9.09. The van der Waals surface area contributed by atoms with Crippen LogP contribution < -0.4 is 15.8 Å². The van der Waals surface area contributed by atoms with Gasteiger partial charge in [0.1, 0.15) is 28.2 Å². The molecule has 2 rings (SSSR count). The van der Waals surface area contributed by atoms with Gasteiger partial charge in [-0.25, -0.2) is 9.59 Å². The molecule has 1 aromatic heterocycles. The molecule has 0 aliphatic rings. The number of nitrogens with two attached hydrogens (primary N) is 1. The van der Waals surface area contributed by atoms with E-state index in [9.17, 15) is 19.2 Å². The molecular weight excluding hydrogens is 396 g/mol. The van der Waals surface area contributed by atoms with Gasteiger partial charge in [-0.15, -0.1) is 0 Å². The molecule has 2 amide bonds. The largest absolute Gasteiger partial charge is 0.493 e. The molecule has 0 bridgehead atoms. The second kappa shape index (κ2) is 10.1. The van der Waals surface area contributed by atoms with Crippen molar-refractivity contribution in [2.75, 3.05) is 25.1 Å². The van der Waals surface area contributed by atoms with Crippen LogP contribution in [0.15, 0.2) is 28.7 Å². The molecule has 0 saturated carbocycles. The molecule has 0 aliphatic heterocycles. The van der Waals surface area contributed by atoms with Gasteiger partial charge in [0.2, 0.25) is 5.88 Å². The summed E-state index contributed by atoms with van der Waals surface area (Å²) in [5.74, 6) is -3.35. The fraction of sp³-hybridized carbons (Fsp3) is 0.300. The minimum atomic E-state index is -0.993. The van der Waals surface area contributed by atoms with Gasteiger partial charge in [-0.2, -0.15) is 0 Å². The lowest BCUT2D eigenvalue weighted by Gasteiger charge is -2.10. The first-order valence-electron chi connectivity index (χ1n) is 9.09. The van der Waals surface area contributed by atoms with Gasteiger partial charge in [-0.3, -0.25) is 14.9 Å². The zero-order valence-corrected chi connectivity index (χ0v) is 16.8. The number of nitrogens with one attached hydrogen (secondary N) is 1. The molecule has 1 heterocycles. The van der Waals surface area contributed by atoms with Crippen LogP contribution in [0.2, 0.25) is 0 Å². The highest BCUT2D eigenvalue weighted by Gasteiger charge is 2.29. The van der Waals surface area contributed by atoms with Crippen LogP contribution in [0.3, 0.4) is 0 Å². The van der Waals surface area contributed by atoms with Crippen LogP contribution in [0.5, 0.6) is 5.75 Å². The summed E-state index contributed by atoms with van der Waals surface area (Å²) in [7, 11) is 0. The highest BCUT2D eigenvalue weighted by Crippen LogP contribution is 2.27. The molecule has 1 aromatic carbocycles. The number of rotatable bonds is 9. The number of esters is 2. The fourth-order valence-corrected chi connectivity index (χ4v) is 2.61. The van der Waals surface area contributed by atoms with Crippen LogP contribution in [0.25, 0.3) is 0 Å². The second-order valence-electron chi connectivity index (χ2n) is 5.88. The summed E-state index contributed by atoms with van der Waals surface area (Å²) >= 11 is 0. The molecule has 0 fully saturated rings. The third kappa shape index (κ3) is 5.16. The predicted molar refractivity (Wildman–Crippen MR) is 104 cm³/mol. The number of hydrogen-bond donors (Lipinski definition) is 2. The van der Waals surface area contributed by atoms with Crippen LogP contribution >= 0.6 is 0 Å². The van der Waals surface area contributed by atoms with Crippen LogP contribution in [0, 0.1) is 6.92 Å². The SMILES string of the molecule is CCOC(=O)c1c(C)oc(NC(=O)COC(=O)c2ccccc2OCC)c1C(N)=O. The third-order valence-electron chi connectivity index (χ3n) is 3.80. The Bertz CT molecular complexity index is 964. The number of hydrogen-bond acceptors (Lipinski definition) is 8. The van der Waals surface area contributed by atoms with E-state index in [0.717, 1.165) is 0 Å². The minimum absolute atomic E-state index is 0.0418. The summed E-state index contributed by atoms with van der Waals surface area (Å²) in [5, 5.41) is 2.27. The number of furan rings is 1. The zero-order valence-electron chi connectivity index (χ0n) is 16.8. The van der Waals surface area contributed by atoms with Crippen molar-refractivity contribution in [2.45, 2.75) is 20.8 Å². The maximum absolute atomic E-state index is 12.3. The van der Waals surface area contributed by atoms with Crippen LogP contribution in [0.4, 0.5) is 5.88 Å². The first kappa shape index (κ1) is 22.5. The lowest BCUT2D eigenvalue weighted by molar-refractivity contribution is -0.119. The monoisotopic (exact) mass is 418 g/mol. The third-order valence-corrected chi connectivity index (χ3v) is 3.80. The van der Waals surface area contributed by atoms with Gasteiger partial charge in [-0.05, 0) is 32.9 Å². The van der Waals surface area contributed by atoms with E-state index in [0.29, 0.717) is 12.4 Å². The number of amides is 2. The van der Waals surface area contributed by atoms with E-state index in [1.807, 2.05) is 0 Å². The lowest BCUT2D eigenvalue weighted by atomic mass is 10.1. The number of carbonyl (C=O) groups excluding carboxylic acids is 4. The molecule has 160 valence electrons. The average Bonchev–Trinajstić information content (AvgIpc) is 3.03. The quantitative estimate of drug-likeness (QED) is 0.588. The number of ether oxygens (including phenoxy) is 3. The second-order valence-corrected chi connectivity index (χ2v) is 5.88. The normalized spacial score (nSPS) is 10.2.